The van der Waals surface area contributed by atoms with Gasteiger partial charge in [-0.15, -0.1) is 15.3 Å². The van der Waals surface area contributed by atoms with Crippen LogP contribution < -0.4 is 10.2 Å². The lowest BCUT2D eigenvalue weighted by Crippen LogP contribution is -2.31. The van der Waals surface area contributed by atoms with Crippen LogP contribution in [0.1, 0.15) is 51.8 Å². The van der Waals surface area contributed by atoms with Crippen molar-refractivity contribution < 1.29 is 13.2 Å². The fourth-order valence-electron chi connectivity index (χ4n) is 4.29. The summed E-state index contributed by atoms with van der Waals surface area (Å²) in [4.78, 5) is 14.9. The van der Waals surface area contributed by atoms with E-state index in [0.717, 1.165) is 44.6 Å². The largest absolute Gasteiger partial charge is 0.356 e. The number of fused-ring (bicyclic) bond motifs is 1. The second-order valence-corrected chi connectivity index (χ2v) is 10.6. The smallest absolute Gasteiger partial charge is 0.243 e. The Morgan fingerprint density at radius 3 is 2.31 bits per heavy atom. The number of hydrogen-bond acceptors (Lipinski definition) is 7. The minimum atomic E-state index is -3.51. The Balaban J connectivity index is 1.37. The molecule has 0 aliphatic carbocycles. The van der Waals surface area contributed by atoms with E-state index in [4.69, 9.17) is 0 Å². The van der Waals surface area contributed by atoms with Crippen molar-refractivity contribution in [1.82, 2.24) is 24.1 Å². The van der Waals surface area contributed by atoms with Gasteiger partial charge in [0.1, 0.15) is 5.82 Å². The molecule has 3 aromatic rings. The lowest BCUT2D eigenvalue weighted by molar-refractivity contribution is -0.116. The van der Waals surface area contributed by atoms with Crippen molar-refractivity contribution >= 4 is 33.1 Å². The molecule has 10 nitrogen and oxygen atoms in total. The fraction of sp³-hybridized carbons (Fsp3) is 0.500. The predicted molar refractivity (Wildman–Crippen MR) is 135 cm³/mol. The molecule has 0 radical (unpaired) electrons. The Hall–Kier alpha value is -3.05. The van der Waals surface area contributed by atoms with Crippen LogP contribution in [0.15, 0.2) is 41.3 Å². The van der Waals surface area contributed by atoms with Crippen LogP contribution in [0.2, 0.25) is 0 Å². The number of aryl methyl sites for hydroxylation is 1. The molecule has 1 aliphatic rings. The molecule has 4 rings (SSSR count). The van der Waals surface area contributed by atoms with E-state index in [9.17, 15) is 13.2 Å². The van der Waals surface area contributed by atoms with Crippen LogP contribution in [0.5, 0.6) is 0 Å². The summed E-state index contributed by atoms with van der Waals surface area (Å²) in [6.07, 6.45) is 4.49. The maximum absolute atomic E-state index is 12.9. The topological polar surface area (TPSA) is 113 Å². The van der Waals surface area contributed by atoms with E-state index >= 15 is 0 Å². The minimum absolute atomic E-state index is 0.190. The molecule has 0 spiro atoms. The van der Waals surface area contributed by atoms with Crippen molar-refractivity contribution in [3.05, 3.63) is 42.2 Å². The SMILES string of the molecule is CCN(CC)c1ccc2nnc(CCC(=O)Nc3ccc(S(=O)(=O)N4CCCCCC4)cc3)n2n1. The van der Waals surface area contributed by atoms with Crippen molar-refractivity contribution in [3.8, 4) is 0 Å². The molecule has 2 aromatic heterocycles. The Morgan fingerprint density at radius 1 is 0.971 bits per heavy atom. The monoisotopic (exact) mass is 499 g/mol. The molecule has 0 saturated carbocycles. The molecule has 35 heavy (non-hydrogen) atoms. The molecule has 3 heterocycles. The number of anilines is 2. The molecule has 0 bridgehead atoms. The van der Waals surface area contributed by atoms with Crippen LogP contribution in [0.4, 0.5) is 11.5 Å². The number of hydrogen-bond donors (Lipinski definition) is 1. The molecule has 1 amide bonds. The summed E-state index contributed by atoms with van der Waals surface area (Å²) >= 11 is 0. The molecule has 0 atom stereocenters. The van der Waals surface area contributed by atoms with Crippen molar-refractivity contribution in [2.75, 3.05) is 36.4 Å². The quantitative estimate of drug-likeness (QED) is 0.481. The van der Waals surface area contributed by atoms with Gasteiger partial charge in [-0.3, -0.25) is 4.79 Å². The molecule has 1 aliphatic heterocycles. The van der Waals surface area contributed by atoms with Crippen molar-refractivity contribution in [2.24, 2.45) is 0 Å². The van der Waals surface area contributed by atoms with E-state index in [1.807, 2.05) is 12.1 Å². The van der Waals surface area contributed by atoms with Gasteiger partial charge in [-0.05, 0) is 63.1 Å². The van der Waals surface area contributed by atoms with Crippen LogP contribution in [0.3, 0.4) is 0 Å². The summed E-state index contributed by atoms with van der Waals surface area (Å²) in [6.45, 7) is 6.94. The number of carbonyl (C=O) groups excluding carboxylic acids is 1. The van der Waals surface area contributed by atoms with E-state index in [0.29, 0.717) is 36.7 Å². The second kappa shape index (κ2) is 11.1. The third kappa shape index (κ3) is 5.79. The first-order chi connectivity index (χ1) is 16.9. The molecule has 188 valence electrons. The molecule has 1 saturated heterocycles. The maximum Gasteiger partial charge on any atom is 0.243 e. The van der Waals surface area contributed by atoms with Gasteiger partial charge in [0, 0.05) is 44.7 Å². The third-order valence-electron chi connectivity index (χ3n) is 6.32. The fourth-order valence-corrected chi connectivity index (χ4v) is 5.80. The number of sulfonamides is 1. The number of aromatic nitrogens is 4. The number of rotatable bonds is 9. The van der Waals surface area contributed by atoms with E-state index in [2.05, 4.69) is 39.4 Å². The first-order valence-electron chi connectivity index (χ1n) is 12.3. The Morgan fingerprint density at radius 2 is 1.66 bits per heavy atom. The minimum Gasteiger partial charge on any atom is -0.356 e. The van der Waals surface area contributed by atoms with Gasteiger partial charge < -0.3 is 10.2 Å². The number of carbonyl (C=O) groups is 1. The highest BCUT2D eigenvalue weighted by atomic mass is 32.2. The zero-order valence-corrected chi connectivity index (χ0v) is 21.2. The summed E-state index contributed by atoms with van der Waals surface area (Å²) in [7, 11) is -3.51. The van der Waals surface area contributed by atoms with Crippen LogP contribution in [0.25, 0.3) is 5.65 Å². The van der Waals surface area contributed by atoms with Crippen LogP contribution in [-0.2, 0) is 21.2 Å². The van der Waals surface area contributed by atoms with Gasteiger partial charge in [0.15, 0.2) is 11.5 Å². The Labute approximate surface area is 206 Å². The van der Waals surface area contributed by atoms with Crippen molar-refractivity contribution in [1.29, 1.82) is 0 Å². The van der Waals surface area contributed by atoms with Crippen molar-refractivity contribution in [2.45, 2.75) is 57.3 Å². The summed E-state index contributed by atoms with van der Waals surface area (Å²) in [5.41, 5.74) is 1.19. The zero-order valence-electron chi connectivity index (χ0n) is 20.4. The first-order valence-corrected chi connectivity index (χ1v) is 13.7. The Bertz CT molecular complexity index is 1250. The van der Waals surface area contributed by atoms with Crippen LogP contribution in [0, 0.1) is 0 Å². The molecule has 1 aromatic carbocycles. The molecule has 11 heteroatoms. The van der Waals surface area contributed by atoms with E-state index in [1.54, 1.807) is 33.1 Å². The van der Waals surface area contributed by atoms with Gasteiger partial charge in [-0.1, -0.05) is 12.8 Å². The lowest BCUT2D eigenvalue weighted by Gasteiger charge is -2.20. The molecule has 0 unspecified atom stereocenters. The zero-order chi connectivity index (χ0) is 24.8. The number of amides is 1. The molecular formula is C24H33N7O3S. The summed E-state index contributed by atoms with van der Waals surface area (Å²) in [5, 5.41) is 15.8. The van der Waals surface area contributed by atoms with E-state index in [1.165, 1.54) is 0 Å². The number of nitrogens with zero attached hydrogens (tertiary/aromatic N) is 6. The van der Waals surface area contributed by atoms with Gasteiger partial charge in [-0.25, -0.2) is 8.42 Å². The highest BCUT2D eigenvalue weighted by molar-refractivity contribution is 7.89. The summed E-state index contributed by atoms with van der Waals surface area (Å²) < 4.78 is 29.1. The number of nitrogens with one attached hydrogen (secondary N) is 1. The molecular weight excluding hydrogens is 466 g/mol. The first kappa shape index (κ1) is 25.1. The third-order valence-corrected chi connectivity index (χ3v) is 8.23. The van der Waals surface area contributed by atoms with Crippen LogP contribution >= 0.6 is 0 Å². The van der Waals surface area contributed by atoms with Gasteiger partial charge in [0.2, 0.25) is 15.9 Å². The number of benzene rings is 1. The summed E-state index contributed by atoms with van der Waals surface area (Å²) in [5.74, 6) is 1.26. The normalized spacial score (nSPS) is 15.1. The summed E-state index contributed by atoms with van der Waals surface area (Å²) in [6, 6.07) is 10.2. The Kier molecular flexibility index (Phi) is 7.97. The van der Waals surface area contributed by atoms with Gasteiger partial charge in [0.25, 0.3) is 0 Å². The molecule has 1 N–H and O–H groups in total. The van der Waals surface area contributed by atoms with E-state index in [-0.39, 0.29) is 17.2 Å². The van der Waals surface area contributed by atoms with Gasteiger partial charge >= 0.3 is 0 Å². The molecule has 1 fully saturated rings. The van der Waals surface area contributed by atoms with E-state index < -0.39 is 10.0 Å². The maximum atomic E-state index is 12.9. The van der Waals surface area contributed by atoms with Gasteiger partial charge in [-0.2, -0.15) is 8.82 Å². The average molecular weight is 500 g/mol. The lowest BCUT2D eigenvalue weighted by atomic mass is 10.2. The predicted octanol–water partition coefficient (Wildman–Crippen LogP) is 3.11. The highest BCUT2D eigenvalue weighted by Crippen LogP contribution is 2.22. The average Bonchev–Trinajstić information content (AvgIpc) is 3.06. The standard InChI is InChI=1S/C24H33N7O3S/c1-3-29(4-2)23-14-13-21-26-27-22(31(21)28-23)15-16-24(32)25-19-9-11-20(12-10-19)35(33,34)30-17-7-5-6-8-18-30/h9-14H,3-8,15-18H2,1-2H3,(H,25,32). The van der Waals surface area contributed by atoms with Crippen molar-refractivity contribution in [3.63, 3.8) is 0 Å². The van der Waals surface area contributed by atoms with Crippen LogP contribution in [-0.4, -0.2) is 64.6 Å². The highest BCUT2D eigenvalue weighted by Gasteiger charge is 2.25. The second-order valence-electron chi connectivity index (χ2n) is 8.64. The van der Waals surface area contributed by atoms with Gasteiger partial charge in [0.05, 0.1) is 4.90 Å².